The monoisotopic (exact) mass is 287 g/mol. The van der Waals surface area contributed by atoms with Crippen LogP contribution >= 0.6 is 0 Å². The van der Waals surface area contributed by atoms with Gasteiger partial charge in [-0.2, -0.15) is 13.2 Å². The van der Waals surface area contributed by atoms with Crippen molar-refractivity contribution in [2.45, 2.75) is 32.4 Å². The van der Waals surface area contributed by atoms with Gasteiger partial charge in [0.2, 0.25) is 0 Å². The largest absolute Gasteiger partial charge is 0.481 e. The van der Waals surface area contributed by atoms with Crippen molar-refractivity contribution in [3.05, 3.63) is 29.3 Å². The van der Waals surface area contributed by atoms with E-state index in [2.05, 4.69) is 5.32 Å². The van der Waals surface area contributed by atoms with Gasteiger partial charge in [-0.05, 0) is 44.0 Å². The topological polar surface area (TPSA) is 49.3 Å². The van der Waals surface area contributed by atoms with Gasteiger partial charge >= 0.3 is 12.1 Å². The Morgan fingerprint density at radius 1 is 1.40 bits per heavy atom. The highest BCUT2D eigenvalue weighted by Crippen LogP contribution is 2.42. The zero-order chi connectivity index (χ0) is 15.1. The van der Waals surface area contributed by atoms with Gasteiger partial charge in [-0.1, -0.05) is 0 Å². The van der Waals surface area contributed by atoms with Crippen LogP contribution in [-0.4, -0.2) is 17.6 Å². The zero-order valence-electron chi connectivity index (χ0n) is 11.2. The second kappa shape index (κ2) is 4.68. The number of carboxylic acids is 1. The van der Waals surface area contributed by atoms with E-state index in [1.54, 1.807) is 13.8 Å². The van der Waals surface area contributed by atoms with Gasteiger partial charge < -0.3 is 10.4 Å². The first kappa shape index (κ1) is 14.7. The quantitative estimate of drug-likeness (QED) is 0.891. The van der Waals surface area contributed by atoms with Crippen LogP contribution in [0.3, 0.4) is 0 Å². The molecule has 0 radical (unpaired) electrons. The summed E-state index contributed by atoms with van der Waals surface area (Å²) in [4.78, 5) is 11.1. The Balaban J connectivity index is 2.30. The van der Waals surface area contributed by atoms with Gasteiger partial charge in [0.25, 0.3) is 0 Å². The lowest BCUT2D eigenvalue weighted by molar-refractivity contribution is -0.147. The first-order chi connectivity index (χ1) is 9.11. The molecule has 110 valence electrons. The highest BCUT2D eigenvalue weighted by molar-refractivity contribution is 5.74. The molecule has 1 unspecified atom stereocenters. The number of benzene rings is 1. The predicted molar refractivity (Wildman–Crippen MR) is 68.7 cm³/mol. The third kappa shape index (κ3) is 2.73. The third-order valence-electron chi connectivity index (χ3n) is 3.69. The number of aliphatic carboxylic acids is 1. The molecule has 0 aromatic heterocycles. The average Bonchev–Trinajstić information content (AvgIpc) is 2.70. The second-order valence-corrected chi connectivity index (χ2v) is 5.77. The normalized spacial score (nSPS) is 18.6. The van der Waals surface area contributed by atoms with Gasteiger partial charge in [0, 0.05) is 18.2 Å². The summed E-state index contributed by atoms with van der Waals surface area (Å²) in [5.74, 6) is -1.17. The van der Waals surface area contributed by atoms with Gasteiger partial charge in [0.05, 0.1) is 11.0 Å². The molecule has 1 heterocycles. The smallest absolute Gasteiger partial charge is 0.416 e. The first-order valence-electron chi connectivity index (χ1n) is 6.29. The number of carbonyl (C=O) groups is 1. The zero-order valence-corrected chi connectivity index (χ0v) is 11.2. The molecule has 1 aliphatic heterocycles. The minimum absolute atomic E-state index is 0.224. The van der Waals surface area contributed by atoms with E-state index < -0.39 is 23.1 Å². The molecule has 0 amide bonds. The molecular weight excluding hydrogens is 271 g/mol. The summed E-state index contributed by atoms with van der Waals surface area (Å²) in [6, 6.07) is 3.57. The number of alkyl halides is 3. The van der Waals surface area contributed by atoms with Crippen molar-refractivity contribution in [1.29, 1.82) is 0 Å². The summed E-state index contributed by atoms with van der Waals surface area (Å²) in [5, 5.41) is 12.2. The van der Waals surface area contributed by atoms with Gasteiger partial charge in [0.15, 0.2) is 0 Å². The maximum Gasteiger partial charge on any atom is 0.416 e. The van der Waals surface area contributed by atoms with Gasteiger partial charge in [-0.15, -0.1) is 0 Å². The fraction of sp³-hybridized carbons (Fsp3) is 0.500. The number of hydrogen-bond donors (Lipinski definition) is 2. The summed E-state index contributed by atoms with van der Waals surface area (Å²) in [6.45, 7) is 3.63. The molecule has 1 atom stereocenters. The minimum atomic E-state index is -4.38. The molecule has 0 spiro atoms. The van der Waals surface area contributed by atoms with E-state index in [9.17, 15) is 18.0 Å². The molecule has 20 heavy (non-hydrogen) atoms. The maximum absolute atomic E-state index is 12.7. The average molecular weight is 287 g/mol. The fourth-order valence-corrected chi connectivity index (χ4v) is 2.47. The lowest BCUT2D eigenvalue weighted by Crippen LogP contribution is -2.26. The molecule has 3 nitrogen and oxygen atoms in total. The molecule has 0 fully saturated rings. The van der Waals surface area contributed by atoms with Crippen molar-refractivity contribution in [2.75, 3.05) is 11.9 Å². The minimum Gasteiger partial charge on any atom is -0.481 e. The van der Waals surface area contributed by atoms with Gasteiger partial charge in [-0.25, -0.2) is 0 Å². The molecular formula is C14H16F3NO2. The van der Waals surface area contributed by atoms with Crippen LogP contribution in [0.4, 0.5) is 18.9 Å². The SMILES string of the molecule is CC(C)(CC1CNc2ccc(C(F)(F)F)cc21)C(=O)O. The number of nitrogens with one attached hydrogen (secondary N) is 1. The second-order valence-electron chi connectivity index (χ2n) is 5.77. The standard InChI is InChI=1S/C14H16F3NO2/c1-13(2,12(19)20)6-8-7-18-11-4-3-9(5-10(8)11)14(15,16)17/h3-5,8,18H,6-7H2,1-2H3,(H,19,20). The van der Waals surface area contributed by atoms with E-state index in [0.717, 1.165) is 12.1 Å². The summed E-state index contributed by atoms with van der Waals surface area (Å²) < 4.78 is 38.2. The molecule has 0 saturated heterocycles. The van der Waals surface area contributed by atoms with Crippen LogP contribution in [-0.2, 0) is 11.0 Å². The van der Waals surface area contributed by atoms with E-state index in [1.165, 1.54) is 6.07 Å². The Morgan fingerprint density at radius 3 is 2.60 bits per heavy atom. The van der Waals surface area contributed by atoms with Gasteiger partial charge in [-0.3, -0.25) is 4.79 Å². The van der Waals surface area contributed by atoms with E-state index in [1.807, 2.05) is 0 Å². The van der Waals surface area contributed by atoms with Crippen LogP contribution < -0.4 is 5.32 Å². The first-order valence-corrected chi connectivity index (χ1v) is 6.29. The lowest BCUT2D eigenvalue weighted by Gasteiger charge is -2.23. The number of rotatable bonds is 3. The lowest BCUT2D eigenvalue weighted by atomic mass is 9.80. The molecule has 0 bridgehead atoms. The highest BCUT2D eigenvalue weighted by Gasteiger charge is 2.36. The number of fused-ring (bicyclic) bond motifs is 1. The Morgan fingerprint density at radius 2 is 2.05 bits per heavy atom. The summed E-state index contributed by atoms with van der Waals surface area (Å²) in [5.41, 5.74) is -0.459. The molecule has 0 aliphatic carbocycles. The summed E-state index contributed by atoms with van der Waals surface area (Å²) in [7, 11) is 0. The molecule has 0 saturated carbocycles. The van der Waals surface area contributed by atoms with Crippen molar-refractivity contribution in [1.82, 2.24) is 0 Å². The van der Waals surface area contributed by atoms with Crippen LogP contribution in [0.2, 0.25) is 0 Å². The van der Waals surface area contributed by atoms with E-state index in [-0.39, 0.29) is 5.92 Å². The molecule has 1 aliphatic rings. The van der Waals surface area contributed by atoms with Crippen LogP contribution in [0.1, 0.15) is 37.3 Å². The van der Waals surface area contributed by atoms with Crippen LogP contribution in [0, 0.1) is 5.41 Å². The third-order valence-corrected chi connectivity index (χ3v) is 3.69. The summed E-state index contributed by atoms with van der Waals surface area (Å²) >= 11 is 0. The number of halogens is 3. The maximum atomic E-state index is 12.7. The number of hydrogen-bond acceptors (Lipinski definition) is 2. The molecule has 6 heteroatoms. The van der Waals surface area contributed by atoms with Crippen molar-refractivity contribution in [2.24, 2.45) is 5.41 Å². The van der Waals surface area contributed by atoms with Crippen molar-refractivity contribution in [3.8, 4) is 0 Å². The van der Waals surface area contributed by atoms with E-state index in [0.29, 0.717) is 24.2 Å². The molecule has 1 aromatic rings. The van der Waals surface area contributed by atoms with Crippen LogP contribution in [0.15, 0.2) is 18.2 Å². The van der Waals surface area contributed by atoms with E-state index >= 15 is 0 Å². The Labute approximate surface area is 114 Å². The fourth-order valence-electron chi connectivity index (χ4n) is 2.47. The molecule has 2 rings (SSSR count). The molecule has 1 aromatic carbocycles. The van der Waals surface area contributed by atoms with Crippen LogP contribution in [0.5, 0.6) is 0 Å². The number of anilines is 1. The van der Waals surface area contributed by atoms with Gasteiger partial charge in [0.1, 0.15) is 0 Å². The Bertz CT molecular complexity index is 538. The van der Waals surface area contributed by atoms with Crippen molar-refractivity contribution >= 4 is 11.7 Å². The Kier molecular flexibility index (Phi) is 3.44. The predicted octanol–water partition coefficient (Wildman–Crippen LogP) is 3.72. The molecule has 2 N–H and O–H groups in total. The highest BCUT2D eigenvalue weighted by atomic mass is 19.4. The number of carboxylic acid groups (broad SMARTS) is 1. The van der Waals surface area contributed by atoms with E-state index in [4.69, 9.17) is 5.11 Å². The van der Waals surface area contributed by atoms with Crippen molar-refractivity contribution < 1.29 is 23.1 Å². The summed E-state index contributed by atoms with van der Waals surface area (Å²) in [6.07, 6.45) is -4.09. The van der Waals surface area contributed by atoms with Crippen LogP contribution in [0.25, 0.3) is 0 Å². The van der Waals surface area contributed by atoms with Crippen molar-refractivity contribution in [3.63, 3.8) is 0 Å². The Hall–Kier alpha value is -1.72.